The highest BCUT2D eigenvalue weighted by molar-refractivity contribution is 7.98. The van der Waals surface area contributed by atoms with Crippen LogP contribution in [0.25, 0.3) is 11.4 Å². The van der Waals surface area contributed by atoms with E-state index in [1.165, 1.54) is 10.5 Å². The van der Waals surface area contributed by atoms with E-state index in [1.807, 2.05) is 12.3 Å². The Kier molecular flexibility index (Phi) is 5.60. The van der Waals surface area contributed by atoms with Gasteiger partial charge in [-0.05, 0) is 64.0 Å². The monoisotopic (exact) mass is 420 g/mol. The number of nitrogens with zero attached hydrogens (tertiary/aromatic N) is 2. The van der Waals surface area contributed by atoms with Gasteiger partial charge in [0.15, 0.2) is 0 Å². The predicted octanol–water partition coefficient (Wildman–Crippen LogP) is 4.93. The molecule has 1 aliphatic rings. The van der Waals surface area contributed by atoms with Crippen molar-refractivity contribution >= 4 is 24.3 Å². The molecule has 0 radical (unpaired) electrons. The first-order valence-electron chi connectivity index (χ1n) is 10.3. The lowest BCUT2D eigenvalue weighted by Crippen LogP contribution is -2.41. The highest BCUT2D eigenvalue weighted by Gasteiger charge is 2.52. The molecule has 0 spiro atoms. The van der Waals surface area contributed by atoms with E-state index in [0.717, 1.165) is 22.5 Å². The van der Waals surface area contributed by atoms with Crippen molar-refractivity contribution in [3.8, 4) is 11.4 Å². The number of aromatic nitrogens is 2. The third-order valence-corrected chi connectivity index (χ3v) is 7.04. The minimum absolute atomic E-state index is 0.361. The molecule has 0 amide bonds. The summed E-state index contributed by atoms with van der Waals surface area (Å²) in [4.78, 5) is 5.95. The van der Waals surface area contributed by atoms with Crippen molar-refractivity contribution in [2.75, 3.05) is 6.26 Å². The van der Waals surface area contributed by atoms with Crippen molar-refractivity contribution < 1.29 is 9.31 Å². The topological polar surface area (TPSA) is 36.3 Å². The number of imidazole rings is 1. The first kappa shape index (κ1) is 21.2. The summed E-state index contributed by atoms with van der Waals surface area (Å²) < 4.78 is 14.9. The lowest BCUT2D eigenvalue weighted by Gasteiger charge is -2.32. The lowest BCUT2D eigenvalue weighted by molar-refractivity contribution is 0.00578. The molecule has 1 fully saturated rings. The van der Waals surface area contributed by atoms with Gasteiger partial charge in [-0.3, -0.25) is 0 Å². The number of hydrogen-bond donors (Lipinski definition) is 0. The average Bonchev–Trinajstić information content (AvgIpc) is 3.18. The van der Waals surface area contributed by atoms with Gasteiger partial charge >= 0.3 is 7.12 Å². The predicted molar refractivity (Wildman–Crippen MR) is 125 cm³/mol. The summed E-state index contributed by atoms with van der Waals surface area (Å²) in [5, 5.41) is 0. The van der Waals surface area contributed by atoms with Gasteiger partial charge in [-0.2, -0.15) is 0 Å². The van der Waals surface area contributed by atoms with Gasteiger partial charge in [-0.1, -0.05) is 36.4 Å². The van der Waals surface area contributed by atoms with E-state index in [4.69, 9.17) is 14.3 Å². The third kappa shape index (κ3) is 3.84. The molecule has 1 saturated heterocycles. The zero-order chi connectivity index (χ0) is 21.5. The van der Waals surface area contributed by atoms with E-state index in [1.54, 1.807) is 11.8 Å². The second-order valence-corrected chi connectivity index (χ2v) is 9.70. The molecule has 0 N–H and O–H groups in total. The SMILES string of the molecule is CSc1ccc(-c2ncc(C)n2Cc2ccccc2B2OC(C)(C)C(C)(C)O2)cc1. The van der Waals surface area contributed by atoms with Gasteiger partial charge in [0, 0.05) is 28.9 Å². The van der Waals surface area contributed by atoms with E-state index < -0.39 is 0 Å². The Bertz CT molecular complexity index is 1030. The zero-order valence-electron chi connectivity index (χ0n) is 18.6. The number of rotatable bonds is 5. The van der Waals surface area contributed by atoms with E-state index in [-0.39, 0.29) is 18.3 Å². The second-order valence-electron chi connectivity index (χ2n) is 8.82. The molecule has 2 aromatic carbocycles. The lowest BCUT2D eigenvalue weighted by atomic mass is 9.76. The van der Waals surface area contributed by atoms with E-state index >= 15 is 0 Å². The summed E-state index contributed by atoms with van der Waals surface area (Å²) in [5.41, 5.74) is 3.78. The van der Waals surface area contributed by atoms with Crippen molar-refractivity contribution in [3.63, 3.8) is 0 Å². The van der Waals surface area contributed by atoms with E-state index in [2.05, 4.69) is 87.9 Å². The summed E-state index contributed by atoms with van der Waals surface area (Å²) in [7, 11) is -0.376. The summed E-state index contributed by atoms with van der Waals surface area (Å²) in [5.74, 6) is 0.976. The highest BCUT2D eigenvalue weighted by atomic mass is 32.2. The van der Waals surface area contributed by atoms with Crippen LogP contribution in [-0.2, 0) is 15.9 Å². The average molecular weight is 420 g/mol. The van der Waals surface area contributed by atoms with Crippen LogP contribution >= 0.6 is 11.8 Å². The Labute approximate surface area is 184 Å². The molecule has 1 aromatic heterocycles. The fourth-order valence-corrected chi connectivity index (χ4v) is 4.09. The molecule has 4 rings (SSSR count). The molecule has 0 unspecified atom stereocenters. The van der Waals surface area contributed by atoms with Crippen LogP contribution in [0.5, 0.6) is 0 Å². The number of hydrogen-bond acceptors (Lipinski definition) is 4. The molecule has 0 aliphatic carbocycles. The number of benzene rings is 2. The van der Waals surface area contributed by atoms with Crippen LogP contribution in [0.3, 0.4) is 0 Å². The normalized spacial score (nSPS) is 17.5. The smallest absolute Gasteiger partial charge is 0.399 e. The first-order chi connectivity index (χ1) is 14.2. The molecular weight excluding hydrogens is 391 g/mol. The van der Waals surface area contributed by atoms with Crippen LogP contribution in [0.1, 0.15) is 39.0 Å². The Morgan fingerprint density at radius 2 is 1.60 bits per heavy atom. The van der Waals surface area contributed by atoms with E-state index in [0.29, 0.717) is 6.54 Å². The Hall–Kier alpha value is -2.02. The van der Waals surface area contributed by atoms with Gasteiger partial charge in [-0.15, -0.1) is 11.8 Å². The Balaban J connectivity index is 1.68. The van der Waals surface area contributed by atoms with Crippen molar-refractivity contribution in [3.05, 3.63) is 66.0 Å². The minimum Gasteiger partial charge on any atom is -0.399 e. The standard InChI is InChI=1S/C24H29BN2O2S/c1-17-15-26-22(18-11-13-20(30-6)14-12-18)27(17)16-19-9-7-8-10-21(19)25-28-23(2,3)24(4,5)29-25/h7-15H,16H2,1-6H3. The summed E-state index contributed by atoms with van der Waals surface area (Å²) >= 11 is 1.75. The summed E-state index contributed by atoms with van der Waals surface area (Å²) in [6.45, 7) is 11.2. The molecule has 3 aromatic rings. The van der Waals surface area contributed by atoms with Crippen molar-refractivity contribution in [1.29, 1.82) is 0 Å². The quantitative estimate of drug-likeness (QED) is 0.433. The Morgan fingerprint density at radius 3 is 2.23 bits per heavy atom. The minimum atomic E-state index is -0.376. The van der Waals surface area contributed by atoms with Gasteiger partial charge in [0.2, 0.25) is 0 Å². The fourth-order valence-electron chi connectivity index (χ4n) is 3.68. The molecule has 2 heterocycles. The molecule has 156 valence electrons. The summed E-state index contributed by atoms with van der Waals surface area (Å²) in [6.07, 6.45) is 4.03. The van der Waals surface area contributed by atoms with Crippen LogP contribution in [0, 0.1) is 6.92 Å². The maximum atomic E-state index is 6.33. The first-order valence-corrected chi connectivity index (χ1v) is 11.5. The molecule has 0 atom stereocenters. The van der Waals surface area contributed by atoms with Crippen LogP contribution in [0.4, 0.5) is 0 Å². The van der Waals surface area contributed by atoms with Crippen molar-refractivity contribution in [2.45, 2.75) is 57.3 Å². The molecule has 0 saturated carbocycles. The van der Waals surface area contributed by atoms with E-state index in [9.17, 15) is 0 Å². The molecular formula is C24H29BN2O2S. The van der Waals surface area contributed by atoms with Crippen LogP contribution in [0.15, 0.2) is 59.6 Å². The maximum absolute atomic E-state index is 6.33. The zero-order valence-corrected chi connectivity index (χ0v) is 19.4. The number of aryl methyl sites for hydroxylation is 1. The van der Waals surface area contributed by atoms with Crippen LogP contribution in [-0.4, -0.2) is 34.1 Å². The molecule has 4 nitrogen and oxygen atoms in total. The largest absolute Gasteiger partial charge is 0.495 e. The van der Waals surface area contributed by atoms with Gasteiger partial charge < -0.3 is 13.9 Å². The molecule has 1 aliphatic heterocycles. The van der Waals surface area contributed by atoms with Crippen molar-refractivity contribution in [2.24, 2.45) is 0 Å². The van der Waals surface area contributed by atoms with Crippen LogP contribution in [0.2, 0.25) is 0 Å². The molecule has 30 heavy (non-hydrogen) atoms. The fraction of sp³-hybridized carbons (Fsp3) is 0.375. The molecule has 0 bridgehead atoms. The van der Waals surface area contributed by atoms with Crippen molar-refractivity contribution in [1.82, 2.24) is 9.55 Å². The third-order valence-electron chi connectivity index (χ3n) is 6.29. The Morgan fingerprint density at radius 1 is 0.967 bits per heavy atom. The van der Waals surface area contributed by atoms with Gasteiger partial charge in [0.05, 0.1) is 11.2 Å². The summed E-state index contributed by atoms with van der Waals surface area (Å²) in [6, 6.07) is 17.0. The second kappa shape index (κ2) is 7.91. The van der Waals surface area contributed by atoms with Gasteiger partial charge in [-0.25, -0.2) is 4.98 Å². The highest BCUT2D eigenvalue weighted by Crippen LogP contribution is 2.36. The molecule has 6 heteroatoms. The van der Waals surface area contributed by atoms with Gasteiger partial charge in [0.25, 0.3) is 0 Å². The van der Waals surface area contributed by atoms with Gasteiger partial charge in [0.1, 0.15) is 5.82 Å². The maximum Gasteiger partial charge on any atom is 0.495 e. The number of thioether (sulfide) groups is 1. The van der Waals surface area contributed by atoms with Crippen LogP contribution < -0.4 is 5.46 Å².